The third-order valence-electron chi connectivity index (χ3n) is 4.90. The Morgan fingerprint density at radius 3 is 2.00 bits per heavy atom. The Hall–Kier alpha value is -2.00. The maximum Gasteiger partial charge on any atom is 0.329 e. The van der Waals surface area contributed by atoms with E-state index in [1.165, 1.54) is 19.3 Å². The predicted molar refractivity (Wildman–Crippen MR) is 116 cm³/mol. The first-order valence-electron chi connectivity index (χ1n) is 10.2. The Bertz CT molecular complexity index is 710. The lowest BCUT2D eigenvalue weighted by molar-refractivity contribution is -0.134. The number of rotatable bonds is 11. The van der Waals surface area contributed by atoms with Crippen LogP contribution < -0.4 is 9.47 Å². The molecule has 0 aliphatic carbocycles. The maximum absolute atomic E-state index is 12.1. The quantitative estimate of drug-likeness (QED) is 0.178. The smallest absolute Gasteiger partial charge is 0.329 e. The number of carbonyl (C=O) groups is 1. The van der Waals surface area contributed by atoms with E-state index in [0.717, 1.165) is 36.3 Å². The minimum Gasteiger partial charge on any atom is -0.494 e. The van der Waals surface area contributed by atoms with Crippen LogP contribution in [0.15, 0.2) is 48.5 Å². The number of alkyl halides is 1. The van der Waals surface area contributed by atoms with Crippen LogP contribution in [0.3, 0.4) is 0 Å². The molecule has 2 atom stereocenters. The molecule has 3 nitrogen and oxygen atoms in total. The molecule has 0 amide bonds. The number of benzene rings is 2. The van der Waals surface area contributed by atoms with E-state index in [1.54, 1.807) is 12.1 Å². The molecular formula is C24H31ClO3. The summed E-state index contributed by atoms with van der Waals surface area (Å²) in [5.74, 6) is 1.09. The van der Waals surface area contributed by atoms with Gasteiger partial charge in [0.1, 0.15) is 16.9 Å². The van der Waals surface area contributed by atoms with Crippen molar-refractivity contribution >= 4 is 17.6 Å². The van der Waals surface area contributed by atoms with E-state index < -0.39 is 11.3 Å². The second-order valence-electron chi connectivity index (χ2n) is 7.17. The third kappa shape index (κ3) is 6.87. The SMILES string of the molecule is CCCCCCOc1ccc(-c2ccc(OC(=O)[C@@H](Cl)[C@@H](C)CC)cc2)cc1. The molecule has 4 heteroatoms. The van der Waals surface area contributed by atoms with Gasteiger partial charge < -0.3 is 9.47 Å². The molecule has 0 aromatic heterocycles. The number of unbranched alkanes of at least 4 members (excludes halogenated alkanes) is 3. The Morgan fingerprint density at radius 2 is 1.46 bits per heavy atom. The monoisotopic (exact) mass is 402 g/mol. The molecule has 2 rings (SSSR count). The van der Waals surface area contributed by atoms with Crippen LogP contribution in [-0.4, -0.2) is 18.0 Å². The Kier molecular flexibility index (Phi) is 9.36. The number of halogens is 1. The van der Waals surface area contributed by atoms with Crippen LogP contribution >= 0.6 is 11.6 Å². The van der Waals surface area contributed by atoms with Gasteiger partial charge in [-0.1, -0.05) is 70.7 Å². The fourth-order valence-electron chi connectivity index (χ4n) is 2.79. The Labute approximate surface area is 174 Å². The molecule has 0 unspecified atom stereocenters. The van der Waals surface area contributed by atoms with Gasteiger partial charge in [0.25, 0.3) is 0 Å². The zero-order valence-electron chi connectivity index (χ0n) is 17.1. The standard InChI is InChI=1S/C24H31ClO3/c1-4-6-7-8-17-27-21-13-9-19(10-14-21)20-11-15-22(16-12-20)28-24(26)23(25)18(3)5-2/h9-16,18,23H,4-8,17H2,1-3H3/t18-,23-/m0/s1. The summed E-state index contributed by atoms with van der Waals surface area (Å²) in [4.78, 5) is 12.1. The zero-order valence-corrected chi connectivity index (χ0v) is 17.9. The summed E-state index contributed by atoms with van der Waals surface area (Å²) < 4.78 is 11.2. The van der Waals surface area contributed by atoms with Crippen molar-refractivity contribution in [2.75, 3.05) is 6.61 Å². The summed E-state index contributed by atoms with van der Waals surface area (Å²) in [6, 6.07) is 15.5. The van der Waals surface area contributed by atoms with Crippen LogP contribution in [0.25, 0.3) is 11.1 Å². The highest BCUT2D eigenvalue weighted by molar-refractivity contribution is 6.30. The number of hydrogen-bond donors (Lipinski definition) is 0. The average molecular weight is 403 g/mol. The summed E-state index contributed by atoms with van der Waals surface area (Å²) in [5.41, 5.74) is 2.14. The van der Waals surface area contributed by atoms with Gasteiger partial charge in [-0.05, 0) is 47.7 Å². The van der Waals surface area contributed by atoms with Crippen molar-refractivity contribution in [1.82, 2.24) is 0 Å². The molecule has 0 aliphatic heterocycles. The van der Waals surface area contributed by atoms with Crippen LogP contribution in [0.5, 0.6) is 11.5 Å². The van der Waals surface area contributed by atoms with Crippen molar-refractivity contribution < 1.29 is 14.3 Å². The van der Waals surface area contributed by atoms with Gasteiger partial charge in [0.15, 0.2) is 0 Å². The van der Waals surface area contributed by atoms with Crippen LogP contribution in [-0.2, 0) is 4.79 Å². The van der Waals surface area contributed by atoms with E-state index in [-0.39, 0.29) is 5.92 Å². The molecule has 0 radical (unpaired) electrons. The van der Waals surface area contributed by atoms with Crippen LogP contribution in [0, 0.1) is 5.92 Å². The van der Waals surface area contributed by atoms with Crippen molar-refractivity contribution in [3.8, 4) is 22.6 Å². The lowest BCUT2D eigenvalue weighted by atomic mass is 10.0. The molecule has 0 bridgehead atoms. The van der Waals surface area contributed by atoms with Gasteiger partial charge in [0.05, 0.1) is 6.61 Å². The van der Waals surface area contributed by atoms with Gasteiger partial charge >= 0.3 is 5.97 Å². The summed E-state index contributed by atoms with van der Waals surface area (Å²) in [5, 5.41) is -0.626. The highest BCUT2D eigenvalue weighted by atomic mass is 35.5. The molecule has 2 aromatic rings. The molecule has 0 fully saturated rings. The minimum atomic E-state index is -0.626. The summed E-state index contributed by atoms with van der Waals surface area (Å²) >= 11 is 6.15. The second kappa shape index (κ2) is 11.8. The van der Waals surface area contributed by atoms with E-state index in [1.807, 2.05) is 50.2 Å². The maximum atomic E-state index is 12.1. The van der Waals surface area contributed by atoms with Gasteiger partial charge in [-0.25, -0.2) is 0 Å². The topological polar surface area (TPSA) is 35.5 Å². The zero-order chi connectivity index (χ0) is 20.4. The van der Waals surface area contributed by atoms with Crippen LogP contribution in [0.4, 0.5) is 0 Å². The van der Waals surface area contributed by atoms with Crippen molar-refractivity contribution in [2.24, 2.45) is 5.92 Å². The Balaban J connectivity index is 1.89. The van der Waals surface area contributed by atoms with Crippen molar-refractivity contribution in [2.45, 2.75) is 58.3 Å². The summed E-state index contributed by atoms with van der Waals surface area (Å²) in [6.07, 6.45) is 5.64. The van der Waals surface area contributed by atoms with Crippen LogP contribution in [0.1, 0.15) is 52.9 Å². The number of carbonyl (C=O) groups excluding carboxylic acids is 1. The van der Waals surface area contributed by atoms with E-state index in [2.05, 4.69) is 6.92 Å². The highest BCUT2D eigenvalue weighted by Gasteiger charge is 2.23. The fraction of sp³-hybridized carbons (Fsp3) is 0.458. The van der Waals surface area contributed by atoms with E-state index in [0.29, 0.717) is 5.75 Å². The first-order valence-corrected chi connectivity index (χ1v) is 10.7. The second-order valence-corrected chi connectivity index (χ2v) is 7.64. The van der Waals surface area contributed by atoms with Gasteiger partial charge in [0.2, 0.25) is 0 Å². The number of hydrogen-bond acceptors (Lipinski definition) is 3. The number of ether oxygens (including phenoxy) is 2. The molecule has 0 N–H and O–H groups in total. The first-order chi connectivity index (χ1) is 13.5. The van der Waals surface area contributed by atoms with Crippen molar-refractivity contribution in [3.63, 3.8) is 0 Å². The average Bonchev–Trinajstić information content (AvgIpc) is 2.73. The molecule has 0 aliphatic rings. The summed E-state index contributed by atoms with van der Waals surface area (Å²) in [6.45, 7) is 6.92. The third-order valence-corrected chi connectivity index (χ3v) is 5.50. The molecule has 0 heterocycles. The molecule has 152 valence electrons. The van der Waals surface area contributed by atoms with E-state index in [4.69, 9.17) is 21.1 Å². The molecule has 0 saturated carbocycles. The molecule has 2 aromatic carbocycles. The molecule has 28 heavy (non-hydrogen) atoms. The predicted octanol–water partition coefficient (Wildman–Crippen LogP) is 6.87. The minimum absolute atomic E-state index is 0.0841. The van der Waals surface area contributed by atoms with Gasteiger partial charge in [0, 0.05) is 0 Å². The first kappa shape index (κ1) is 22.3. The lowest BCUT2D eigenvalue weighted by Gasteiger charge is -2.15. The largest absolute Gasteiger partial charge is 0.494 e. The number of esters is 1. The van der Waals surface area contributed by atoms with E-state index in [9.17, 15) is 4.79 Å². The van der Waals surface area contributed by atoms with Gasteiger partial charge in [-0.3, -0.25) is 4.79 Å². The molecule has 0 saturated heterocycles. The molecule has 0 spiro atoms. The Morgan fingerprint density at radius 1 is 0.893 bits per heavy atom. The fourth-order valence-corrected chi connectivity index (χ4v) is 3.01. The van der Waals surface area contributed by atoms with Gasteiger partial charge in [-0.2, -0.15) is 0 Å². The van der Waals surface area contributed by atoms with Crippen molar-refractivity contribution in [3.05, 3.63) is 48.5 Å². The normalized spacial score (nSPS) is 13.0. The lowest BCUT2D eigenvalue weighted by Crippen LogP contribution is -2.26. The summed E-state index contributed by atoms with van der Waals surface area (Å²) in [7, 11) is 0. The van der Waals surface area contributed by atoms with Crippen LogP contribution in [0.2, 0.25) is 0 Å². The van der Waals surface area contributed by atoms with Crippen molar-refractivity contribution in [1.29, 1.82) is 0 Å². The molecular weight excluding hydrogens is 372 g/mol. The van der Waals surface area contributed by atoms with Gasteiger partial charge in [-0.15, -0.1) is 11.6 Å². The van der Waals surface area contributed by atoms with E-state index >= 15 is 0 Å². The highest BCUT2D eigenvalue weighted by Crippen LogP contribution is 2.25.